The SMILES string of the molecule is CN1CC(O)(c2cc(Cl)c(N)c(Cl)c2)OCC1(C)C. The van der Waals surface area contributed by atoms with E-state index < -0.39 is 5.79 Å². The number of halogens is 2. The third kappa shape index (κ3) is 2.69. The van der Waals surface area contributed by atoms with E-state index in [0.29, 0.717) is 34.4 Å². The molecule has 0 aliphatic carbocycles. The molecule has 1 heterocycles. The second-order valence-electron chi connectivity index (χ2n) is 5.60. The minimum absolute atomic E-state index is 0.131. The predicted molar refractivity (Wildman–Crippen MR) is 77.4 cm³/mol. The summed E-state index contributed by atoms with van der Waals surface area (Å²) in [6.45, 7) is 4.83. The maximum atomic E-state index is 10.7. The molecule has 106 valence electrons. The molecule has 1 aromatic carbocycles. The van der Waals surface area contributed by atoms with Gasteiger partial charge in [0.25, 0.3) is 0 Å². The Kier molecular flexibility index (Phi) is 3.75. The normalized spacial score (nSPS) is 27.5. The number of hydrogen-bond donors (Lipinski definition) is 2. The first-order valence-corrected chi connectivity index (χ1v) is 6.74. The molecule has 1 unspecified atom stereocenters. The molecule has 1 aliphatic rings. The molecule has 0 radical (unpaired) electrons. The van der Waals surface area contributed by atoms with Crippen molar-refractivity contribution in [3.63, 3.8) is 0 Å². The number of rotatable bonds is 1. The van der Waals surface area contributed by atoms with Gasteiger partial charge in [0.1, 0.15) is 0 Å². The van der Waals surface area contributed by atoms with E-state index in [1.54, 1.807) is 12.1 Å². The van der Waals surface area contributed by atoms with Gasteiger partial charge in [-0.3, -0.25) is 4.90 Å². The summed E-state index contributed by atoms with van der Waals surface area (Å²) in [4.78, 5) is 2.04. The van der Waals surface area contributed by atoms with E-state index in [4.69, 9.17) is 33.7 Å². The van der Waals surface area contributed by atoms with Crippen LogP contribution in [0.15, 0.2) is 12.1 Å². The first kappa shape index (κ1) is 14.9. The van der Waals surface area contributed by atoms with Gasteiger partial charge < -0.3 is 15.6 Å². The van der Waals surface area contributed by atoms with Gasteiger partial charge in [-0.15, -0.1) is 0 Å². The van der Waals surface area contributed by atoms with Gasteiger partial charge in [0, 0.05) is 11.1 Å². The van der Waals surface area contributed by atoms with Crippen LogP contribution in [-0.2, 0) is 10.5 Å². The lowest BCUT2D eigenvalue weighted by Crippen LogP contribution is -2.58. The first-order valence-electron chi connectivity index (χ1n) is 5.98. The minimum Gasteiger partial charge on any atom is -0.396 e. The lowest BCUT2D eigenvalue weighted by atomic mass is 9.96. The summed E-state index contributed by atoms with van der Waals surface area (Å²) < 4.78 is 5.64. The summed E-state index contributed by atoms with van der Waals surface area (Å²) in [5.74, 6) is -1.43. The van der Waals surface area contributed by atoms with Crippen molar-refractivity contribution in [3.8, 4) is 0 Å². The van der Waals surface area contributed by atoms with E-state index >= 15 is 0 Å². The third-order valence-electron chi connectivity index (χ3n) is 3.68. The third-order valence-corrected chi connectivity index (χ3v) is 4.30. The Labute approximate surface area is 123 Å². The van der Waals surface area contributed by atoms with E-state index in [-0.39, 0.29) is 5.54 Å². The van der Waals surface area contributed by atoms with E-state index in [1.165, 1.54) is 0 Å². The van der Waals surface area contributed by atoms with Crippen LogP contribution < -0.4 is 5.73 Å². The Morgan fingerprint density at radius 1 is 1.32 bits per heavy atom. The van der Waals surface area contributed by atoms with Crippen LogP contribution in [0.5, 0.6) is 0 Å². The Morgan fingerprint density at radius 2 is 1.84 bits per heavy atom. The number of benzene rings is 1. The van der Waals surface area contributed by atoms with Crippen molar-refractivity contribution >= 4 is 28.9 Å². The second kappa shape index (κ2) is 4.79. The van der Waals surface area contributed by atoms with Crippen LogP contribution in [0.4, 0.5) is 5.69 Å². The van der Waals surface area contributed by atoms with Gasteiger partial charge in [-0.25, -0.2) is 0 Å². The number of hydrogen-bond acceptors (Lipinski definition) is 4. The molecule has 6 heteroatoms. The van der Waals surface area contributed by atoms with E-state index in [2.05, 4.69) is 13.8 Å². The van der Waals surface area contributed by atoms with Gasteiger partial charge in [-0.05, 0) is 33.0 Å². The highest BCUT2D eigenvalue weighted by Crippen LogP contribution is 2.37. The van der Waals surface area contributed by atoms with E-state index in [0.717, 1.165) is 0 Å². The van der Waals surface area contributed by atoms with Crippen LogP contribution in [0.1, 0.15) is 19.4 Å². The number of nitrogen functional groups attached to an aromatic ring is 1. The van der Waals surface area contributed by atoms with Crippen molar-refractivity contribution in [1.29, 1.82) is 0 Å². The monoisotopic (exact) mass is 304 g/mol. The lowest BCUT2D eigenvalue weighted by molar-refractivity contribution is -0.271. The minimum atomic E-state index is -1.43. The smallest absolute Gasteiger partial charge is 0.205 e. The molecule has 1 aromatic rings. The summed E-state index contributed by atoms with van der Waals surface area (Å²) in [5, 5.41) is 11.3. The van der Waals surface area contributed by atoms with Crippen LogP contribution in [0.3, 0.4) is 0 Å². The van der Waals surface area contributed by atoms with Gasteiger partial charge in [0.05, 0.1) is 28.9 Å². The van der Waals surface area contributed by atoms with E-state index in [1.807, 2.05) is 11.9 Å². The zero-order valence-electron chi connectivity index (χ0n) is 11.2. The van der Waals surface area contributed by atoms with Gasteiger partial charge in [-0.2, -0.15) is 0 Å². The molecule has 4 nitrogen and oxygen atoms in total. The number of nitrogens with zero attached hydrogens (tertiary/aromatic N) is 1. The maximum Gasteiger partial charge on any atom is 0.205 e. The summed E-state index contributed by atoms with van der Waals surface area (Å²) in [6, 6.07) is 3.18. The van der Waals surface area contributed by atoms with Crippen LogP contribution in [-0.4, -0.2) is 35.7 Å². The van der Waals surface area contributed by atoms with Crippen LogP contribution in [0.25, 0.3) is 0 Å². The molecular weight excluding hydrogens is 287 g/mol. The van der Waals surface area contributed by atoms with Crippen LogP contribution >= 0.6 is 23.2 Å². The number of nitrogens with two attached hydrogens (primary N) is 1. The second-order valence-corrected chi connectivity index (χ2v) is 6.41. The number of anilines is 1. The molecule has 0 bridgehead atoms. The van der Waals surface area contributed by atoms with Crippen molar-refractivity contribution < 1.29 is 9.84 Å². The average Bonchev–Trinajstić information content (AvgIpc) is 2.31. The van der Waals surface area contributed by atoms with Gasteiger partial charge in [-0.1, -0.05) is 23.2 Å². The lowest BCUT2D eigenvalue weighted by Gasteiger charge is -2.47. The fraction of sp³-hybridized carbons (Fsp3) is 0.538. The maximum absolute atomic E-state index is 10.7. The predicted octanol–water partition coefficient (Wildman–Crippen LogP) is 2.46. The van der Waals surface area contributed by atoms with Crippen LogP contribution in [0.2, 0.25) is 10.0 Å². The molecular formula is C13H18Cl2N2O2. The summed E-state index contributed by atoms with van der Waals surface area (Å²) in [5.41, 5.74) is 6.38. The Balaban J connectivity index is 2.36. The molecule has 1 fully saturated rings. The highest BCUT2D eigenvalue weighted by molar-refractivity contribution is 6.38. The van der Waals surface area contributed by atoms with Gasteiger partial charge in [0.15, 0.2) is 0 Å². The zero-order valence-corrected chi connectivity index (χ0v) is 12.7. The molecule has 2 rings (SSSR count). The zero-order chi connectivity index (χ0) is 14.4. The van der Waals surface area contributed by atoms with Crippen molar-refractivity contribution in [3.05, 3.63) is 27.7 Å². The first-order chi connectivity index (χ1) is 8.66. The molecule has 19 heavy (non-hydrogen) atoms. The molecule has 1 aliphatic heterocycles. The highest BCUT2D eigenvalue weighted by Gasteiger charge is 2.43. The summed E-state index contributed by atoms with van der Waals surface area (Å²) in [6.07, 6.45) is 0. The summed E-state index contributed by atoms with van der Waals surface area (Å²) in [7, 11) is 1.94. The fourth-order valence-corrected chi connectivity index (χ4v) is 2.46. The van der Waals surface area contributed by atoms with E-state index in [9.17, 15) is 5.11 Å². The molecule has 1 saturated heterocycles. The molecule has 0 saturated carbocycles. The van der Waals surface area contributed by atoms with Crippen molar-refractivity contribution in [2.75, 3.05) is 25.9 Å². The number of β-amino-alcohol motifs (C(OH)–C–C–N with tert-alkyl or cyclic N) is 1. The Hall–Kier alpha value is -0.520. The number of ether oxygens (including phenoxy) is 1. The number of aliphatic hydroxyl groups is 1. The topological polar surface area (TPSA) is 58.7 Å². The molecule has 0 spiro atoms. The van der Waals surface area contributed by atoms with Crippen LogP contribution in [0, 0.1) is 0 Å². The highest BCUT2D eigenvalue weighted by atomic mass is 35.5. The Morgan fingerprint density at radius 3 is 2.32 bits per heavy atom. The quantitative estimate of drug-likeness (QED) is 0.783. The number of likely N-dealkylation sites (N-methyl/N-ethyl adjacent to an activating group) is 1. The molecule has 1 atom stereocenters. The molecule has 0 amide bonds. The number of morpholine rings is 1. The van der Waals surface area contributed by atoms with Gasteiger partial charge >= 0.3 is 0 Å². The fourth-order valence-electron chi connectivity index (χ4n) is 1.97. The van der Waals surface area contributed by atoms with Crippen molar-refractivity contribution in [2.45, 2.75) is 25.2 Å². The largest absolute Gasteiger partial charge is 0.396 e. The molecule has 3 N–H and O–H groups in total. The standard InChI is InChI=1S/C13H18Cl2N2O2/c1-12(2)7-19-13(18,6-17(12)3)8-4-9(14)11(16)10(15)5-8/h4-5,18H,6-7,16H2,1-3H3. The van der Waals surface area contributed by atoms with Crippen molar-refractivity contribution in [1.82, 2.24) is 4.90 Å². The summed E-state index contributed by atoms with van der Waals surface area (Å²) >= 11 is 12.0. The van der Waals surface area contributed by atoms with Gasteiger partial charge in [0.2, 0.25) is 5.79 Å². The molecule has 0 aromatic heterocycles. The average molecular weight is 305 g/mol. The Bertz CT molecular complexity index is 484. The van der Waals surface area contributed by atoms with Crippen molar-refractivity contribution in [2.24, 2.45) is 0 Å².